The van der Waals surface area contributed by atoms with E-state index in [9.17, 15) is 4.79 Å². The van der Waals surface area contributed by atoms with Crippen molar-refractivity contribution in [2.75, 3.05) is 26.2 Å². The number of nitrogens with zero attached hydrogens (tertiary/aromatic N) is 1. The number of nitrogens with one attached hydrogen (secondary N) is 1. The number of hydrogen-bond donors (Lipinski definition) is 1. The summed E-state index contributed by atoms with van der Waals surface area (Å²) in [5.41, 5.74) is -0.148. The molecular weight excluding hydrogens is 200 g/mol. The average Bonchev–Trinajstić information content (AvgIpc) is 2.75. The molecule has 3 nitrogen and oxygen atoms in total. The molecule has 0 aromatic heterocycles. The van der Waals surface area contributed by atoms with Gasteiger partial charge in [0.2, 0.25) is 5.91 Å². The van der Waals surface area contributed by atoms with Gasteiger partial charge in [-0.1, -0.05) is 20.8 Å². The summed E-state index contributed by atoms with van der Waals surface area (Å²) in [7, 11) is 0. The van der Waals surface area contributed by atoms with E-state index in [1.807, 2.05) is 4.90 Å². The standard InChI is InChI=1S/C13H26N2O/c1-5-9-15(6-2)12(16)13(11(3)4)7-8-14-10-13/h11,14H,5-10H2,1-4H3. The van der Waals surface area contributed by atoms with Crippen molar-refractivity contribution < 1.29 is 4.79 Å². The molecule has 0 saturated carbocycles. The average molecular weight is 226 g/mol. The summed E-state index contributed by atoms with van der Waals surface area (Å²) in [6.07, 6.45) is 2.03. The van der Waals surface area contributed by atoms with E-state index < -0.39 is 0 Å². The number of amides is 1. The molecule has 1 N–H and O–H groups in total. The van der Waals surface area contributed by atoms with Crippen molar-refractivity contribution >= 4 is 5.91 Å². The lowest BCUT2D eigenvalue weighted by Gasteiger charge is -2.36. The Morgan fingerprint density at radius 2 is 2.12 bits per heavy atom. The van der Waals surface area contributed by atoms with Gasteiger partial charge in [0.05, 0.1) is 5.41 Å². The molecule has 0 aromatic carbocycles. The van der Waals surface area contributed by atoms with Gasteiger partial charge in [-0.2, -0.15) is 0 Å². The Morgan fingerprint density at radius 3 is 2.50 bits per heavy atom. The van der Waals surface area contributed by atoms with E-state index in [-0.39, 0.29) is 5.41 Å². The van der Waals surface area contributed by atoms with Crippen LogP contribution >= 0.6 is 0 Å². The molecule has 1 aliphatic heterocycles. The van der Waals surface area contributed by atoms with Gasteiger partial charge in [0.1, 0.15) is 0 Å². The first kappa shape index (κ1) is 13.5. The summed E-state index contributed by atoms with van der Waals surface area (Å²) in [5.74, 6) is 0.776. The second kappa shape index (κ2) is 5.67. The highest BCUT2D eigenvalue weighted by Crippen LogP contribution is 2.36. The lowest BCUT2D eigenvalue weighted by atomic mass is 9.75. The van der Waals surface area contributed by atoms with Crippen LogP contribution in [0.1, 0.15) is 40.5 Å². The monoisotopic (exact) mass is 226 g/mol. The highest BCUT2D eigenvalue weighted by Gasteiger charge is 2.45. The molecule has 1 aliphatic rings. The Kier molecular flexibility index (Phi) is 4.78. The maximum absolute atomic E-state index is 12.6. The SMILES string of the molecule is CCCN(CC)C(=O)C1(C(C)C)CCNC1. The van der Waals surface area contributed by atoms with Gasteiger partial charge in [-0.3, -0.25) is 4.79 Å². The zero-order valence-corrected chi connectivity index (χ0v) is 11.2. The second-order valence-corrected chi connectivity index (χ2v) is 5.12. The fourth-order valence-corrected chi connectivity index (χ4v) is 2.62. The van der Waals surface area contributed by atoms with Crippen molar-refractivity contribution in [3.63, 3.8) is 0 Å². The minimum Gasteiger partial charge on any atom is -0.342 e. The number of carbonyl (C=O) groups excluding carboxylic acids is 1. The summed E-state index contributed by atoms with van der Waals surface area (Å²) in [6.45, 7) is 12.1. The van der Waals surface area contributed by atoms with Crippen LogP contribution in [0.2, 0.25) is 0 Å². The Hall–Kier alpha value is -0.570. The number of rotatable bonds is 5. The molecule has 0 aliphatic carbocycles. The molecular formula is C13H26N2O. The summed E-state index contributed by atoms with van der Waals surface area (Å²) in [5, 5.41) is 3.35. The number of carbonyl (C=O) groups is 1. The zero-order chi connectivity index (χ0) is 12.2. The van der Waals surface area contributed by atoms with E-state index in [1.54, 1.807) is 0 Å². The maximum atomic E-state index is 12.6. The summed E-state index contributed by atoms with van der Waals surface area (Å²) in [4.78, 5) is 14.6. The van der Waals surface area contributed by atoms with Gasteiger partial charge >= 0.3 is 0 Å². The van der Waals surface area contributed by atoms with Gasteiger partial charge in [-0.15, -0.1) is 0 Å². The van der Waals surface area contributed by atoms with Gasteiger partial charge in [-0.05, 0) is 32.2 Å². The molecule has 0 radical (unpaired) electrons. The van der Waals surface area contributed by atoms with Gasteiger partial charge in [0.15, 0.2) is 0 Å². The van der Waals surface area contributed by atoms with Gasteiger partial charge in [0, 0.05) is 19.6 Å². The molecule has 0 bridgehead atoms. The van der Waals surface area contributed by atoms with Crippen molar-refractivity contribution in [2.45, 2.75) is 40.5 Å². The van der Waals surface area contributed by atoms with Crippen LogP contribution in [0.4, 0.5) is 0 Å². The molecule has 3 heteroatoms. The van der Waals surface area contributed by atoms with Gasteiger partial charge in [-0.25, -0.2) is 0 Å². The number of hydrogen-bond acceptors (Lipinski definition) is 2. The zero-order valence-electron chi connectivity index (χ0n) is 11.2. The van der Waals surface area contributed by atoms with E-state index in [1.165, 1.54) is 0 Å². The predicted molar refractivity (Wildman–Crippen MR) is 67.3 cm³/mol. The molecule has 0 aromatic rings. The second-order valence-electron chi connectivity index (χ2n) is 5.12. The molecule has 1 heterocycles. The third kappa shape index (κ3) is 2.40. The quantitative estimate of drug-likeness (QED) is 0.776. The van der Waals surface area contributed by atoms with Crippen molar-refractivity contribution in [3.05, 3.63) is 0 Å². The molecule has 1 amide bonds. The summed E-state index contributed by atoms with van der Waals surface area (Å²) >= 11 is 0. The Balaban J connectivity index is 2.82. The minimum absolute atomic E-state index is 0.148. The maximum Gasteiger partial charge on any atom is 0.230 e. The topological polar surface area (TPSA) is 32.3 Å². The summed E-state index contributed by atoms with van der Waals surface area (Å²) in [6, 6.07) is 0. The van der Waals surface area contributed by atoms with Crippen LogP contribution in [0.3, 0.4) is 0 Å². The minimum atomic E-state index is -0.148. The van der Waals surface area contributed by atoms with Crippen molar-refractivity contribution in [3.8, 4) is 0 Å². The van der Waals surface area contributed by atoms with Crippen LogP contribution in [0.5, 0.6) is 0 Å². The van der Waals surface area contributed by atoms with Crippen LogP contribution in [-0.2, 0) is 4.79 Å². The van der Waals surface area contributed by atoms with E-state index in [2.05, 4.69) is 33.0 Å². The van der Waals surface area contributed by atoms with E-state index >= 15 is 0 Å². The van der Waals surface area contributed by atoms with Crippen molar-refractivity contribution in [1.29, 1.82) is 0 Å². The fourth-order valence-electron chi connectivity index (χ4n) is 2.62. The molecule has 1 unspecified atom stereocenters. The molecule has 0 spiro atoms. The Morgan fingerprint density at radius 1 is 1.44 bits per heavy atom. The van der Waals surface area contributed by atoms with Crippen molar-refractivity contribution in [2.24, 2.45) is 11.3 Å². The first-order valence-corrected chi connectivity index (χ1v) is 6.58. The van der Waals surface area contributed by atoms with Crippen LogP contribution < -0.4 is 5.32 Å². The van der Waals surface area contributed by atoms with Crippen LogP contribution in [0.15, 0.2) is 0 Å². The Labute approximate surface area is 99.6 Å². The molecule has 1 fully saturated rings. The third-order valence-corrected chi connectivity index (χ3v) is 3.88. The fraction of sp³-hybridized carbons (Fsp3) is 0.923. The molecule has 1 rings (SSSR count). The molecule has 1 atom stereocenters. The largest absolute Gasteiger partial charge is 0.342 e. The van der Waals surface area contributed by atoms with E-state index in [4.69, 9.17) is 0 Å². The third-order valence-electron chi connectivity index (χ3n) is 3.88. The first-order valence-electron chi connectivity index (χ1n) is 6.58. The highest BCUT2D eigenvalue weighted by atomic mass is 16.2. The highest BCUT2D eigenvalue weighted by molar-refractivity contribution is 5.83. The van der Waals surface area contributed by atoms with E-state index in [0.29, 0.717) is 11.8 Å². The van der Waals surface area contributed by atoms with E-state index in [0.717, 1.165) is 39.0 Å². The Bertz CT molecular complexity index is 232. The van der Waals surface area contributed by atoms with Crippen LogP contribution in [-0.4, -0.2) is 37.0 Å². The lowest BCUT2D eigenvalue weighted by Crippen LogP contribution is -2.48. The summed E-state index contributed by atoms with van der Waals surface area (Å²) < 4.78 is 0. The smallest absolute Gasteiger partial charge is 0.230 e. The van der Waals surface area contributed by atoms with Crippen LogP contribution in [0.25, 0.3) is 0 Å². The van der Waals surface area contributed by atoms with Crippen molar-refractivity contribution in [1.82, 2.24) is 10.2 Å². The molecule has 16 heavy (non-hydrogen) atoms. The molecule has 1 saturated heterocycles. The first-order chi connectivity index (χ1) is 7.58. The van der Waals surface area contributed by atoms with Crippen LogP contribution in [0, 0.1) is 11.3 Å². The molecule has 94 valence electrons. The predicted octanol–water partition coefficient (Wildman–Crippen LogP) is 1.88. The van der Waals surface area contributed by atoms with Gasteiger partial charge < -0.3 is 10.2 Å². The normalized spacial score (nSPS) is 25.1. The van der Waals surface area contributed by atoms with Gasteiger partial charge in [0.25, 0.3) is 0 Å². The lowest BCUT2D eigenvalue weighted by molar-refractivity contribution is -0.143.